The Kier molecular flexibility index (Phi) is 9.33. The second kappa shape index (κ2) is 12.8. The Morgan fingerprint density at radius 3 is 2.29 bits per heavy atom. The summed E-state index contributed by atoms with van der Waals surface area (Å²) in [6.07, 6.45) is 4.38. The molecule has 1 saturated carbocycles. The molecule has 1 fully saturated rings. The molecule has 10 heteroatoms. The van der Waals surface area contributed by atoms with Crippen LogP contribution in [0.2, 0.25) is 0 Å². The van der Waals surface area contributed by atoms with Crippen molar-refractivity contribution in [1.29, 1.82) is 0 Å². The number of carbonyl (C=O) groups is 2. The van der Waals surface area contributed by atoms with Crippen LogP contribution in [0.15, 0.2) is 54.7 Å². The lowest BCUT2D eigenvalue weighted by Crippen LogP contribution is -2.50. The zero-order chi connectivity index (χ0) is 30.5. The van der Waals surface area contributed by atoms with Gasteiger partial charge in [-0.3, -0.25) is 9.78 Å². The van der Waals surface area contributed by atoms with Crippen LogP contribution in [0.25, 0.3) is 0 Å². The summed E-state index contributed by atoms with van der Waals surface area (Å²) in [5.41, 5.74) is 1.03. The van der Waals surface area contributed by atoms with E-state index >= 15 is 4.39 Å². The zero-order valence-corrected chi connectivity index (χ0v) is 25.2. The molecule has 4 N–H and O–H groups in total. The number of aryl methyl sites for hydroxylation is 1. The first-order valence-electron chi connectivity index (χ1n) is 14.3. The van der Waals surface area contributed by atoms with Crippen molar-refractivity contribution in [3.8, 4) is 0 Å². The van der Waals surface area contributed by atoms with Crippen molar-refractivity contribution >= 4 is 29.3 Å². The number of rotatable bonds is 8. The summed E-state index contributed by atoms with van der Waals surface area (Å²) in [6.45, 7) is 11.1. The zero-order valence-electron chi connectivity index (χ0n) is 25.2. The summed E-state index contributed by atoms with van der Waals surface area (Å²) in [4.78, 5) is 34.9. The molecular weight excluding hydrogens is 535 g/mol. The Labute approximate surface area is 247 Å². The number of anilines is 3. The van der Waals surface area contributed by atoms with Crippen LogP contribution >= 0.6 is 0 Å². The largest absolute Gasteiger partial charge is 0.444 e. The molecule has 0 unspecified atom stereocenters. The number of hydrogen-bond donors (Lipinski definition) is 4. The molecule has 0 spiro atoms. The first-order chi connectivity index (χ1) is 19.8. The van der Waals surface area contributed by atoms with Gasteiger partial charge in [0.05, 0.1) is 29.0 Å². The molecule has 2 heterocycles. The molecule has 0 aliphatic heterocycles. The average molecular weight is 577 g/mol. The highest BCUT2D eigenvalue weighted by molar-refractivity contribution is 6.00. The maximum atomic E-state index is 15.6. The molecule has 1 aliphatic carbocycles. The molecule has 3 aromatic rings. The van der Waals surface area contributed by atoms with Gasteiger partial charge in [0.15, 0.2) is 11.6 Å². The number of nitrogens with zero attached hydrogens (tertiary/aromatic N) is 2. The average Bonchev–Trinajstić information content (AvgIpc) is 2.92. The quantitative estimate of drug-likeness (QED) is 0.239. The fourth-order valence-corrected chi connectivity index (χ4v) is 4.93. The lowest BCUT2D eigenvalue weighted by Gasteiger charge is -2.34. The van der Waals surface area contributed by atoms with E-state index < -0.39 is 29.0 Å². The van der Waals surface area contributed by atoms with Gasteiger partial charge in [-0.25, -0.2) is 14.2 Å². The van der Waals surface area contributed by atoms with Crippen molar-refractivity contribution in [1.82, 2.24) is 20.6 Å². The second-order valence-corrected chi connectivity index (χ2v) is 12.3. The van der Waals surface area contributed by atoms with Gasteiger partial charge in [0.2, 0.25) is 0 Å². The van der Waals surface area contributed by atoms with Crippen molar-refractivity contribution in [3.63, 3.8) is 0 Å². The Bertz CT molecular complexity index is 1390. The van der Waals surface area contributed by atoms with E-state index in [0.717, 1.165) is 24.1 Å². The summed E-state index contributed by atoms with van der Waals surface area (Å²) in [7, 11) is 0. The highest BCUT2D eigenvalue weighted by atomic mass is 19.1. The van der Waals surface area contributed by atoms with E-state index in [2.05, 4.69) is 31.2 Å². The number of benzene rings is 1. The number of alkyl carbamates (subject to hydrolysis) is 1. The monoisotopic (exact) mass is 576 g/mol. The molecule has 9 nitrogen and oxygen atoms in total. The van der Waals surface area contributed by atoms with Crippen LogP contribution in [-0.4, -0.2) is 39.7 Å². The number of ether oxygens (including phenoxy) is 1. The van der Waals surface area contributed by atoms with Gasteiger partial charge in [-0.2, -0.15) is 0 Å². The lowest BCUT2D eigenvalue weighted by atomic mass is 9.90. The van der Waals surface area contributed by atoms with Crippen LogP contribution < -0.4 is 21.3 Å². The van der Waals surface area contributed by atoms with Gasteiger partial charge >= 0.3 is 6.09 Å². The maximum absolute atomic E-state index is 15.6. The van der Waals surface area contributed by atoms with Crippen LogP contribution in [0.5, 0.6) is 0 Å². The van der Waals surface area contributed by atoms with Gasteiger partial charge in [0.25, 0.3) is 5.91 Å². The molecule has 4 rings (SSSR count). The lowest BCUT2D eigenvalue weighted by molar-refractivity contribution is 0.0488. The van der Waals surface area contributed by atoms with Crippen molar-refractivity contribution < 1.29 is 18.7 Å². The second-order valence-electron chi connectivity index (χ2n) is 12.3. The SMILES string of the molecule is Cc1ccc(Nc2nc(N[C@@H]3CCCC[C@@H]3NC(=O)OC(C)(C)C)c(F)cc2C(=O)NC(C)(C)c2ccccc2)cn1. The number of carbonyl (C=O) groups excluding carboxylic acids is 2. The molecular formula is C32H41FN6O3. The molecule has 1 aromatic carbocycles. The van der Waals surface area contributed by atoms with Crippen molar-refractivity contribution in [2.45, 2.75) is 90.4 Å². The summed E-state index contributed by atoms with van der Waals surface area (Å²) in [5, 5.41) is 12.3. The van der Waals surface area contributed by atoms with E-state index in [4.69, 9.17) is 4.74 Å². The summed E-state index contributed by atoms with van der Waals surface area (Å²) < 4.78 is 21.1. The molecule has 0 radical (unpaired) electrons. The molecule has 2 amide bonds. The van der Waals surface area contributed by atoms with Crippen LogP contribution in [0.1, 0.15) is 81.9 Å². The Morgan fingerprint density at radius 2 is 1.64 bits per heavy atom. The van der Waals surface area contributed by atoms with E-state index in [9.17, 15) is 9.59 Å². The van der Waals surface area contributed by atoms with Crippen molar-refractivity contribution in [3.05, 3.63) is 77.4 Å². The van der Waals surface area contributed by atoms with Crippen LogP contribution in [0, 0.1) is 12.7 Å². The Hall–Kier alpha value is -4.21. The number of pyridine rings is 2. The van der Waals surface area contributed by atoms with E-state index in [1.54, 1.807) is 27.0 Å². The molecule has 0 bridgehead atoms. The molecule has 0 saturated heterocycles. The number of hydrogen-bond acceptors (Lipinski definition) is 7. The molecule has 224 valence electrons. The first kappa shape index (κ1) is 30.7. The number of nitrogens with one attached hydrogen (secondary N) is 4. The molecule has 2 aromatic heterocycles. The minimum Gasteiger partial charge on any atom is -0.444 e. The summed E-state index contributed by atoms with van der Waals surface area (Å²) in [5.74, 6) is -0.990. The standard InChI is InChI=1S/C32H41FN6O3/c1-20-16-17-22(19-34-20)35-27-23(29(40)39-32(5,6)21-12-8-7-9-13-21)18-24(33)28(38-27)36-25-14-10-11-15-26(25)37-30(41)42-31(2,3)4/h7-9,12-13,16-19,25-26H,10-11,14-15H2,1-6H3,(H,37,41)(H,39,40)(H2,35,36,38)/t25-,26+/m1/s1. The third-order valence-corrected chi connectivity index (χ3v) is 7.11. The van der Waals surface area contributed by atoms with Crippen LogP contribution in [0.4, 0.5) is 26.5 Å². The molecule has 2 atom stereocenters. The highest BCUT2D eigenvalue weighted by Gasteiger charge is 2.31. The van der Waals surface area contributed by atoms with Gasteiger partial charge in [-0.05, 0) is 78.1 Å². The van der Waals surface area contributed by atoms with Gasteiger partial charge in [0, 0.05) is 11.7 Å². The third-order valence-electron chi connectivity index (χ3n) is 7.11. The van der Waals surface area contributed by atoms with Crippen LogP contribution in [0.3, 0.4) is 0 Å². The fourth-order valence-electron chi connectivity index (χ4n) is 4.93. The van der Waals surface area contributed by atoms with Gasteiger partial charge in [-0.15, -0.1) is 0 Å². The molecule has 1 aliphatic rings. The Balaban J connectivity index is 1.62. The fraction of sp³-hybridized carbons (Fsp3) is 0.438. The van der Waals surface area contributed by atoms with E-state index in [-0.39, 0.29) is 29.3 Å². The predicted octanol–water partition coefficient (Wildman–Crippen LogP) is 6.58. The van der Waals surface area contributed by atoms with Crippen molar-refractivity contribution in [2.24, 2.45) is 0 Å². The smallest absolute Gasteiger partial charge is 0.407 e. The minimum absolute atomic E-state index is 0.0145. The normalized spacial score (nSPS) is 17.2. The first-order valence-corrected chi connectivity index (χ1v) is 14.3. The number of halogens is 1. The topological polar surface area (TPSA) is 117 Å². The van der Waals surface area contributed by atoms with Gasteiger partial charge < -0.3 is 26.0 Å². The number of amides is 2. The van der Waals surface area contributed by atoms with Gasteiger partial charge in [-0.1, -0.05) is 43.2 Å². The Morgan fingerprint density at radius 1 is 0.952 bits per heavy atom. The predicted molar refractivity (Wildman–Crippen MR) is 162 cm³/mol. The van der Waals surface area contributed by atoms with E-state index in [0.29, 0.717) is 18.5 Å². The van der Waals surface area contributed by atoms with Crippen molar-refractivity contribution in [2.75, 3.05) is 10.6 Å². The van der Waals surface area contributed by atoms with E-state index in [1.165, 1.54) is 6.07 Å². The van der Waals surface area contributed by atoms with Gasteiger partial charge in [0.1, 0.15) is 11.4 Å². The maximum Gasteiger partial charge on any atom is 0.407 e. The van der Waals surface area contributed by atoms with Crippen LogP contribution in [-0.2, 0) is 10.3 Å². The third kappa shape index (κ3) is 8.18. The molecule has 42 heavy (non-hydrogen) atoms. The summed E-state index contributed by atoms with van der Waals surface area (Å²) in [6, 6.07) is 13.8. The number of aromatic nitrogens is 2. The van der Waals surface area contributed by atoms with E-state index in [1.807, 2.05) is 63.2 Å². The summed E-state index contributed by atoms with van der Waals surface area (Å²) >= 11 is 0. The highest BCUT2D eigenvalue weighted by Crippen LogP contribution is 2.29. The minimum atomic E-state index is -0.725.